The van der Waals surface area contributed by atoms with Crippen molar-refractivity contribution in [2.24, 2.45) is 5.10 Å². The lowest BCUT2D eigenvalue weighted by Gasteiger charge is -2.15. The van der Waals surface area contributed by atoms with Gasteiger partial charge in [-0.2, -0.15) is 5.10 Å². The summed E-state index contributed by atoms with van der Waals surface area (Å²) in [6, 6.07) is 8.76. The number of aromatic hydroxyl groups is 1. The van der Waals surface area contributed by atoms with E-state index in [9.17, 15) is 20.0 Å². The lowest BCUT2D eigenvalue weighted by molar-refractivity contribution is -0.385. The van der Waals surface area contributed by atoms with E-state index in [1.807, 2.05) is 0 Å². The number of nitrogens with one attached hydrogen (secondary N) is 2. The Hall–Kier alpha value is -3.33. The van der Waals surface area contributed by atoms with Gasteiger partial charge in [0, 0.05) is 16.7 Å². The standard InChI is InChI=1S/C17H17ClN4O5/c1-10(20-13-5-3-4-6-15(13)27-2)17(24)21-19-9-11-7-12(18)8-14(16(11)23)22(25)26/h3-10,20,23H,1-2H3,(H,21,24)/b19-9+. The Balaban J connectivity index is 2.06. The predicted octanol–water partition coefficient (Wildman–Crippen LogP) is 2.91. The van der Waals surface area contributed by atoms with Gasteiger partial charge in [0.05, 0.1) is 23.9 Å². The highest BCUT2D eigenvalue weighted by molar-refractivity contribution is 6.31. The number of carbonyl (C=O) groups excluding carboxylic acids is 1. The number of nitrogens with zero attached hydrogens (tertiary/aromatic N) is 2. The average Bonchev–Trinajstić information content (AvgIpc) is 2.64. The molecule has 27 heavy (non-hydrogen) atoms. The Kier molecular flexibility index (Phi) is 6.56. The highest BCUT2D eigenvalue weighted by atomic mass is 35.5. The van der Waals surface area contributed by atoms with Crippen molar-refractivity contribution in [1.29, 1.82) is 0 Å². The number of hydrogen-bond acceptors (Lipinski definition) is 7. The van der Waals surface area contributed by atoms with Crippen LogP contribution in [0, 0.1) is 10.1 Å². The molecule has 2 aromatic carbocycles. The minimum atomic E-state index is -0.767. The second-order valence-corrected chi connectivity index (χ2v) is 5.86. The Bertz CT molecular complexity index is 888. The number of nitro groups is 1. The highest BCUT2D eigenvalue weighted by Crippen LogP contribution is 2.32. The second-order valence-electron chi connectivity index (χ2n) is 5.42. The molecule has 1 amide bonds. The summed E-state index contributed by atoms with van der Waals surface area (Å²) < 4.78 is 5.20. The molecule has 2 aromatic rings. The minimum absolute atomic E-state index is 0.000147. The van der Waals surface area contributed by atoms with Crippen molar-refractivity contribution in [3.8, 4) is 11.5 Å². The van der Waals surface area contributed by atoms with Gasteiger partial charge in [-0.05, 0) is 25.1 Å². The van der Waals surface area contributed by atoms with Crippen LogP contribution in [-0.4, -0.2) is 35.3 Å². The van der Waals surface area contributed by atoms with E-state index in [0.29, 0.717) is 11.4 Å². The molecule has 0 radical (unpaired) electrons. The smallest absolute Gasteiger partial charge is 0.312 e. The number of anilines is 1. The maximum atomic E-state index is 12.1. The monoisotopic (exact) mass is 392 g/mol. The average molecular weight is 393 g/mol. The Morgan fingerprint density at radius 1 is 1.41 bits per heavy atom. The third-order valence-electron chi connectivity index (χ3n) is 3.53. The normalized spacial score (nSPS) is 11.8. The summed E-state index contributed by atoms with van der Waals surface area (Å²) in [6.07, 6.45) is 1.07. The van der Waals surface area contributed by atoms with E-state index < -0.39 is 28.3 Å². The van der Waals surface area contributed by atoms with Crippen molar-refractivity contribution in [2.45, 2.75) is 13.0 Å². The van der Waals surface area contributed by atoms with Gasteiger partial charge in [-0.3, -0.25) is 14.9 Å². The summed E-state index contributed by atoms with van der Waals surface area (Å²) in [5.41, 5.74) is 2.37. The van der Waals surface area contributed by atoms with Crippen molar-refractivity contribution >= 4 is 35.1 Å². The molecule has 0 heterocycles. The van der Waals surface area contributed by atoms with Gasteiger partial charge in [-0.25, -0.2) is 5.43 Å². The van der Waals surface area contributed by atoms with Crippen LogP contribution in [0.3, 0.4) is 0 Å². The summed E-state index contributed by atoms with van der Waals surface area (Å²) >= 11 is 5.79. The molecule has 3 N–H and O–H groups in total. The van der Waals surface area contributed by atoms with Crippen LogP contribution in [0.2, 0.25) is 5.02 Å². The zero-order valence-electron chi connectivity index (χ0n) is 14.5. The van der Waals surface area contributed by atoms with Crippen LogP contribution in [0.25, 0.3) is 0 Å². The first-order valence-electron chi connectivity index (χ1n) is 7.73. The molecule has 2 rings (SSSR count). The maximum absolute atomic E-state index is 12.1. The van der Waals surface area contributed by atoms with Gasteiger partial charge in [0.2, 0.25) is 5.75 Å². The molecule has 0 saturated carbocycles. The lowest BCUT2D eigenvalue weighted by Crippen LogP contribution is -2.35. The number of hydrogen-bond donors (Lipinski definition) is 3. The topological polar surface area (TPSA) is 126 Å². The molecule has 0 bridgehead atoms. The molecule has 0 spiro atoms. The van der Waals surface area contributed by atoms with Gasteiger partial charge in [0.15, 0.2) is 0 Å². The van der Waals surface area contributed by atoms with E-state index in [2.05, 4.69) is 15.8 Å². The molecule has 0 aliphatic heterocycles. The number of benzene rings is 2. The lowest BCUT2D eigenvalue weighted by atomic mass is 10.2. The molecular formula is C17H17ClN4O5. The fraction of sp³-hybridized carbons (Fsp3) is 0.176. The third-order valence-corrected chi connectivity index (χ3v) is 3.75. The molecule has 10 heteroatoms. The number of ether oxygens (including phenoxy) is 1. The molecule has 0 fully saturated rings. The number of para-hydroxylation sites is 2. The fourth-order valence-corrected chi connectivity index (χ4v) is 2.39. The maximum Gasteiger partial charge on any atom is 0.312 e. The van der Waals surface area contributed by atoms with Gasteiger partial charge in [0.25, 0.3) is 5.91 Å². The van der Waals surface area contributed by atoms with Gasteiger partial charge >= 0.3 is 5.69 Å². The van der Waals surface area contributed by atoms with Gasteiger partial charge in [-0.15, -0.1) is 0 Å². The van der Waals surface area contributed by atoms with E-state index >= 15 is 0 Å². The van der Waals surface area contributed by atoms with Crippen molar-refractivity contribution in [3.05, 3.63) is 57.1 Å². The number of phenolic OH excluding ortho intramolecular Hbond substituents is 1. The molecular weight excluding hydrogens is 376 g/mol. The molecule has 0 aliphatic rings. The van der Waals surface area contributed by atoms with Gasteiger partial charge in [0.1, 0.15) is 11.8 Å². The number of hydrazone groups is 1. The Morgan fingerprint density at radius 3 is 2.78 bits per heavy atom. The zero-order valence-corrected chi connectivity index (χ0v) is 15.2. The Morgan fingerprint density at radius 2 is 2.11 bits per heavy atom. The first kappa shape index (κ1) is 20.0. The number of amides is 1. The highest BCUT2D eigenvalue weighted by Gasteiger charge is 2.18. The first-order valence-corrected chi connectivity index (χ1v) is 8.10. The van der Waals surface area contributed by atoms with Crippen LogP contribution in [0.5, 0.6) is 11.5 Å². The van der Waals surface area contributed by atoms with Crippen LogP contribution in [0.15, 0.2) is 41.5 Å². The molecule has 0 aromatic heterocycles. The summed E-state index contributed by atoms with van der Waals surface area (Å²) in [5, 5.41) is 27.5. The number of rotatable bonds is 7. The molecule has 1 atom stereocenters. The van der Waals surface area contributed by atoms with Crippen molar-refractivity contribution < 1.29 is 19.6 Å². The third kappa shape index (κ3) is 5.08. The molecule has 142 valence electrons. The molecule has 1 unspecified atom stereocenters. The van der Waals surface area contributed by atoms with Crippen LogP contribution in [-0.2, 0) is 4.79 Å². The summed E-state index contributed by atoms with van der Waals surface area (Å²) in [4.78, 5) is 22.2. The molecule has 0 saturated heterocycles. The van der Waals surface area contributed by atoms with Crippen LogP contribution >= 0.6 is 11.6 Å². The van der Waals surface area contributed by atoms with Crippen molar-refractivity contribution in [3.63, 3.8) is 0 Å². The first-order chi connectivity index (χ1) is 12.8. The van der Waals surface area contributed by atoms with E-state index in [0.717, 1.165) is 12.3 Å². The quantitative estimate of drug-likeness (QED) is 0.378. The SMILES string of the molecule is COc1ccccc1NC(C)C(=O)N/N=C/c1cc(Cl)cc([N+](=O)[O-])c1O. The molecule has 9 nitrogen and oxygen atoms in total. The Labute approximate surface area is 159 Å². The van der Waals surface area contributed by atoms with Crippen molar-refractivity contribution in [2.75, 3.05) is 12.4 Å². The van der Waals surface area contributed by atoms with Crippen LogP contribution in [0.4, 0.5) is 11.4 Å². The van der Waals surface area contributed by atoms with E-state index in [1.54, 1.807) is 31.2 Å². The zero-order chi connectivity index (χ0) is 20.0. The van der Waals surface area contributed by atoms with Gasteiger partial charge in [-0.1, -0.05) is 23.7 Å². The number of phenols is 1. The number of halogens is 1. The second kappa shape index (κ2) is 8.86. The fourth-order valence-electron chi connectivity index (χ4n) is 2.17. The van der Waals surface area contributed by atoms with E-state index in [1.165, 1.54) is 13.2 Å². The largest absolute Gasteiger partial charge is 0.502 e. The van der Waals surface area contributed by atoms with E-state index in [-0.39, 0.29) is 10.6 Å². The summed E-state index contributed by atoms with van der Waals surface area (Å²) in [7, 11) is 1.52. The van der Waals surface area contributed by atoms with Crippen LogP contribution < -0.4 is 15.5 Å². The minimum Gasteiger partial charge on any atom is -0.502 e. The summed E-state index contributed by atoms with van der Waals surface area (Å²) in [6.45, 7) is 1.62. The molecule has 0 aliphatic carbocycles. The van der Waals surface area contributed by atoms with Crippen LogP contribution in [0.1, 0.15) is 12.5 Å². The van der Waals surface area contributed by atoms with Gasteiger partial charge < -0.3 is 15.2 Å². The number of methoxy groups -OCH3 is 1. The van der Waals surface area contributed by atoms with E-state index in [4.69, 9.17) is 16.3 Å². The predicted molar refractivity (Wildman–Crippen MR) is 102 cm³/mol. The number of carbonyl (C=O) groups is 1. The summed E-state index contributed by atoms with van der Waals surface area (Å²) in [5.74, 6) is -0.479. The van der Waals surface area contributed by atoms with Crippen molar-refractivity contribution in [1.82, 2.24) is 5.43 Å². The number of nitro benzene ring substituents is 1.